The maximum Gasteiger partial charge on any atom is 0.263 e. The van der Waals surface area contributed by atoms with E-state index in [4.69, 9.17) is 21.0 Å². The Kier molecular flexibility index (Phi) is 8.17. The lowest BCUT2D eigenvalue weighted by molar-refractivity contribution is -0.131. The van der Waals surface area contributed by atoms with E-state index in [9.17, 15) is 9.90 Å². The van der Waals surface area contributed by atoms with Crippen LogP contribution in [-0.4, -0.2) is 51.6 Å². The number of aliphatic hydroxyl groups is 1. The van der Waals surface area contributed by atoms with Crippen LogP contribution >= 0.6 is 0 Å². The zero-order chi connectivity index (χ0) is 27.1. The van der Waals surface area contributed by atoms with E-state index < -0.39 is 12.0 Å². The molecule has 1 amide bonds. The van der Waals surface area contributed by atoms with Gasteiger partial charge in [0.15, 0.2) is 0 Å². The summed E-state index contributed by atoms with van der Waals surface area (Å²) in [7, 11) is 0. The van der Waals surface area contributed by atoms with Crippen LogP contribution < -0.4 is 15.8 Å². The average Bonchev–Trinajstić information content (AvgIpc) is 2.94. The van der Waals surface area contributed by atoms with Gasteiger partial charge in [-0.1, -0.05) is 18.7 Å². The molecular weight excluding hydrogens is 482 g/mol. The molecule has 0 aliphatic carbocycles. The van der Waals surface area contributed by atoms with Crippen molar-refractivity contribution in [1.82, 2.24) is 14.9 Å². The molecule has 10 heteroatoms. The lowest BCUT2D eigenvalue weighted by atomic mass is 9.90. The maximum absolute atomic E-state index is 12.2. The Balaban J connectivity index is 1.37. The number of ether oxygens (including phenoxy) is 1. The summed E-state index contributed by atoms with van der Waals surface area (Å²) in [5, 5.41) is 31.7. The van der Waals surface area contributed by atoms with Crippen molar-refractivity contribution < 1.29 is 14.6 Å². The van der Waals surface area contributed by atoms with E-state index in [2.05, 4.69) is 27.9 Å². The Morgan fingerprint density at radius 1 is 1.16 bits per heavy atom. The van der Waals surface area contributed by atoms with Crippen molar-refractivity contribution in [2.45, 2.75) is 18.9 Å². The number of likely N-dealkylation sites (tertiary alicyclic amines) is 1. The summed E-state index contributed by atoms with van der Waals surface area (Å²) in [5.74, 6) is 1.70. The number of anilines is 2. The van der Waals surface area contributed by atoms with Crippen molar-refractivity contribution in [3.05, 3.63) is 72.6 Å². The number of nitriles is 2. The zero-order valence-corrected chi connectivity index (χ0v) is 20.7. The van der Waals surface area contributed by atoms with Crippen molar-refractivity contribution in [2.75, 3.05) is 30.7 Å². The number of benzene rings is 2. The summed E-state index contributed by atoms with van der Waals surface area (Å²) >= 11 is 0. The molecule has 1 aliphatic heterocycles. The number of aliphatic hydroxyl groups excluding tert-OH is 1. The normalized spacial score (nSPS) is 16.7. The summed E-state index contributed by atoms with van der Waals surface area (Å²) in [5.41, 5.74) is 8.11. The second kappa shape index (κ2) is 11.9. The summed E-state index contributed by atoms with van der Waals surface area (Å²) in [6, 6.07) is 18.1. The number of carbonyl (C=O) groups is 1. The van der Waals surface area contributed by atoms with Gasteiger partial charge in [-0.05, 0) is 60.7 Å². The van der Waals surface area contributed by atoms with Gasteiger partial charge in [-0.25, -0.2) is 9.97 Å². The van der Waals surface area contributed by atoms with Crippen LogP contribution in [0.4, 0.5) is 11.6 Å². The van der Waals surface area contributed by atoms with Crippen LogP contribution in [0.5, 0.6) is 11.5 Å². The first-order valence-electron chi connectivity index (χ1n) is 12.1. The van der Waals surface area contributed by atoms with E-state index in [1.54, 1.807) is 30.3 Å². The Hall–Kier alpha value is -4.93. The van der Waals surface area contributed by atoms with Gasteiger partial charge in [-0.2, -0.15) is 10.5 Å². The third-order valence-corrected chi connectivity index (χ3v) is 6.45. The largest absolute Gasteiger partial charge is 0.457 e. The standard InChI is InChI=1S/C28H27N7O3/c1-18(14-29)28(37)35-13-11-20(24(36)16-35)10-12-32-27-25(26(31)33-17-34-27)21-4-8-23(9-5-21)38-22-6-2-19(15-30)3-7-22/h2-9,17,20,24,36H,1,10-13,16H2,(H3,31,32,33,34). The molecule has 192 valence electrons. The molecule has 1 fully saturated rings. The molecule has 2 atom stereocenters. The maximum atomic E-state index is 12.2. The lowest BCUT2D eigenvalue weighted by Gasteiger charge is -2.35. The number of aromatic nitrogens is 2. The fraction of sp³-hybridized carbons (Fsp3) is 0.250. The van der Waals surface area contributed by atoms with Crippen molar-refractivity contribution >= 4 is 17.5 Å². The molecule has 2 heterocycles. The predicted octanol–water partition coefficient (Wildman–Crippen LogP) is 3.48. The predicted molar refractivity (Wildman–Crippen MR) is 142 cm³/mol. The number of nitrogens with one attached hydrogen (secondary N) is 1. The molecule has 0 spiro atoms. The fourth-order valence-corrected chi connectivity index (χ4v) is 4.36. The highest BCUT2D eigenvalue weighted by Crippen LogP contribution is 2.33. The van der Waals surface area contributed by atoms with E-state index in [1.165, 1.54) is 11.2 Å². The molecule has 38 heavy (non-hydrogen) atoms. The van der Waals surface area contributed by atoms with Crippen LogP contribution in [0.15, 0.2) is 67.0 Å². The molecule has 0 saturated carbocycles. The van der Waals surface area contributed by atoms with Gasteiger partial charge in [-0.15, -0.1) is 0 Å². The third-order valence-electron chi connectivity index (χ3n) is 6.45. The first-order valence-corrected chi connectivity index (χ1v) is 12.1. The van der Waals surface area contributed by atoms with Crippen molar-refractivity contribution in [3.8, 4) is 34.8 Å². The highest BCUT2D eigenvalue weighted by Gasteiger charge is 2.30. The number of amides is 1. The lowest BCUT2D eigenvalue weighted by Crippen LogP contribution is -2.47. The number of β-amino-alcohol motifs (C(OH)–C–C–N with tert-alkyl or cyclic N) is 1. The van der Waals surface area contributed by atoms with E-state index >= 15 is 0 Å². The molecule has 1 aromatic heterocycles. The first kappa shape index (κ1) is 26.1. The monoisotopic (exact) mass is 509 g/mol. The number of nitrogens with two attached hydrogens (primary N) is 1. The minimum Gasteiger partial charge on any atom is -0.457 e. The van der Waals surface area contributed by atoms with Gasteiger partial charge >= 0.3 is 0 Å². The van der Waals surface area contributed by atoms with Gasteiger partial charge < -0.3 is 25.8 Å². The Morgan fingerprint density at radius 2 is 1.84 bits per heavy atom. The molecule has 2 unspecified atom stereocenters. The van der Waals surface area contributed by atoms with Crippen LogP contribution in [0.1, 0.15) is 18.4 Å². The summed E-state index contributed by atoms with van der Waals surface area (Å²) in [6.07, 6.45) is 1.97. The van der Waals surface area contributed by atoms with E-state index in [1.807, 2.05) is 24.3 Å². The molecule has 2 aromatic carbocycles. The molecule has 3 aromatic rings. The summed E-state index contributed by atoms with van der Waals surface area (Å²) < 4.78 is 5.86. The number of hydrogen-bond acceptors (Lipinski definition) is 9. The number of piperidine rings is 1. The number of hydrogen-bond donors (Lipinski definition) is 3. The Morgan fingerprint density at radius 3 is 2.47 bits per heavy atom. The van der Waals surface area contributed by atoms with Crippen LogP contribution in [0.3, 0.4) is 0 Å². The minimum atomic E-state index is -0.695. The highest BCUT2D eigenvalue weighted by atomic mass is 16.5. The Bertz CT molecular complexity index is 1390. The van der Waals surface area contributed by atoms with Gasteiger partial charge in [0, 0.05) is 19.6 Å². The van der Waals surface area contributed by atoms with Gasteiger partial charge in [0.2, 0.25) is 0 Å². The number of rotatable bonds is 8. The fourth-order valence-electron chi connectivity index (χ4n) is 4.36. The third kappa shape index (κ3) is 6.06. The summed E-state index contributed by atoms with van der Waals surface area (Å²) in [4.78, 5) is 22.1. The highest BCUT2D eigenvalue weighted by molar-refractivity contribution is 5.96. The molecule has 0 radical (unpaired) electrons. The van der Waals surface area contributed by atoms with E-state index in [-0.39, 0.29) is 18.0 Å². The van der Waals surface area contributed by atoms with Gasteiger partial charge in [-0.3, -0.25) is 4.79 Å². The summed E-state index contributed by atoms with van der Waals surface area (Å²) in [6.45, 7) is 4.63. The molecule has 4 N–H and O–H groups in total. The smallest absolute Gasteiger partial charge is 0.263 e. The molecule has 1 saturated heterocycles. The van der Waals surface area contributed by atoms with E-state index in [0.717, 1.165) is 5.56 Å². The molecule has 1 aliphatic rings. The Labute approximate surface area is 220 Å². The molecule has 10 nitrogen and oxygen atoms in total. The first-order chi connectivity index (χ1) is 18.4. The number of carbonyl (C=O) groups excluding carboxylic acids is 1. The van der Waals surface area contributed by atoms with Gasteiger partial charge in [0.05, 0.1) is 23.3 Å². The number of nitrogen functional groups attached to an aromatic ring is 1. The van der Waals surface area contributed by atoms with Gasteiger partial charge in [0.1, 0.15) is 41.1 Å². The van der Waals surface area contributed by atoms with Crippen molar-refractivity contribution in [2.24, 2.45) is 5.92 Å². The van der Waals surface area contributed by atoms with Crippen LogP contribution in [0, 0.1) is 28.6 Å². The van der Waals surface area contributed by atoms with Crippen LogP contribution in [0.25, 0.3) is 11.1 Å². The van der Waals surface area contributed by atoms with Crippen LogP contribution in [-0.2, 0) is 4.79 Å². The molecule has 4 rings (SSSR count). The zero-order valence-electron chi connectivity index (χ0n) is 20.7. The second-order valence-electron chi connectivity index (χ2n) is 8.92. The molecular formula is C28H27N7O3. The second-order valence-corrected chi connectivity index (χ2v) is 8.92. The molecule has 0 bridgehead atoms. The van der Waals surface area contributed by atoms with Crippen molar-refractivity contribution in [3.63, 3.8) is 0 Å². The quantitative estimate of drug-likeness (QED) is 0.305. The number of nitrogens with zero attached hydrogens (tertiary/aromatic N) is 5. The van der Waals surface area contributed by atoms with Crippen molar-refractivity contribution in [1.29, 1.82) is 10.5 Å². The van der Waals surface area contributed by atoms with Crippen LogP contribution in [0.2, 0.25) is 0 Å². The topological polar surface area (TPSA) is 161 Å². The average molecular weight is 510 g/mol. The minimum absolute atomic E-state index is 0.0109. The van der Waals surface area contributed by atoms with Gasteiger partial charge in [0.25, 0.3) is 5.91 Å². The van der Waals surface area contributed by atoms with E-state index in [0.29, 0.717) is 60.2 Å². The SMILES string of the molecule is C=C(C#N)C(=O)N1CCC(CCNc2ncnc(N)c2-c2ccc(Oc3ccc(C#N)cc3)cc2)C(O)C1.